The van der Waals surface area contributed by atoms with Gasteiger partial charge in [0.1, 0.15) is 195 Å². The third kappa shape index (κ3) is 21.0. The minimum Gasteiger partial charge on any atom is -0.477 e. The van der Waals surface area contributed by atoms with Crippen molar-refractivity contribution in [3.63, 3.8) is 0 Å². The van der Waals surface area contributed by atoms with Crippen LogP contribution in [0, 0.1) is 11.8 Å². The molecule has 0 aromatic rings. The van der Waals surface area contributed by atoms with Gasteiger partial charge in [0.2, 0.25) is 11.8 Å². The van der Waals surface area contributed by atoms with Crippen LogP contribution in [-0.2, 0) is 99.7 Å². The second-order valence-electron chi connectivity index (χ2n) is 30.7. The number of hydrogen-bond acceptors (Lipinski definition) is 47. The fourth-order valence-corrected chi connectivity index (χ4v) is 15.4. The first-order valence-electron chi connectivity index (χ1n) is 37.9. The summed E-state index contributed by atoms with van der Waals surface area (Å²) in [6, 6.07) is -3.88. The summed E-state index contributed by atoms with van der Waals surface area (Å²) in [7, 11) is 0. The van der Waals surface area contributed by atoms with E-state index in [1.807, 2.05) is 0 Å². The molecule has 9 aliphatic rings. The van der Waals surface area contributed by atoms with Crippen LogP contribution in [0.3, 0.4) is 0 Å². The highest BCUT2D eigenvalue weighted by Gasteiger charge is 2.62. The molecular weight excluding hydrogens is 1620 g/mol. The predicted octanol–water partition coefficient (Wildman–Crippen LogP) is -18.3. The molecule has 47 atom stereocenters. The average molecular weight is 1730 g/mol. The van der Waals surface area contributed by atoms with Crippen LogP contribution in [0.15, 0.2) is 0 Å². The van der Waals surface area contributed by atoms with Gasteiger partial charge < -0.3 is 234 Å². The van der Waals surface area contributed by atoms with Crippen molar-refractivity contribution in [2.75, 3.05) is 59.5 Å². The van der Waals surface area contributed by atoms with E-state index in [0.717, 1.165) is 13.8 Å². The van der Waals surface area contributed by atoms with Crippen LogP contribution < -0.4 is 10.6 Å². The largest absolute Gasteiger partial charge is 0.477 e. The summed E-state index contributed by atoms with van der Waals surface area (Å²) in [6.45, 7) is -3.89. The molecule has 684 valence electrons. The molecule has 16 unspecified atom stereocenters. The number of rotatable bonds is 33. The molecule has 9 heterocycles. The zero-order valence-electron chi connectivity index (χ0n) is 63.9. The quantitative estimate of drug-likeness (QED) is 0.0290. The Morgan fingerprint density at radius 1 is 0.364 bits per heavy atom. The Kier molecular flexibility index (Phi) is 34.5. The third-order valence-electron chi connectivity index (χ3n) is 22.5. The van der Waals surface area contributed by atoms with Gasteiger partial charge in [0.15, 0.2) is 37.7 Å². The maximum absolute atomic E-state index is 13.0. The van der Waals surface area contributed by atoms with Gasteiger partial charge >= 0.3 is 11.9 Å². The van der Waals surface area contributed by atoms with Gasteiger partial charge in [-0.15, -0.1) is 0 Å². The molecule has 0 radical (unpaired) electrons. The normalized spacial score (nSPS) is 48.2. The van der Waals surface area contributed by atoms with E-state index in [9.17, 15) is 162 Å². The van der Waals surface area contributed by atoms with E-state index in [0.29, 0.717) is 0 Å². The number of aliphatic hydroxyl groups is 26. The Balaban J connectivity index is 0.891. The summed E-state index contributed by atoms with van der Waals surface area (Å²) >= 11 is 0. The van der Waals surface area contributed by atoms with Gasteiger partial charge in [-0.1, -0.05) is 13.8 Å². The van der Waals surface area contributed by atoms with Crippen molar-refractivity contribution in [3.05, 3.63) is 0 Å². The Morgan fingerprint density at radius 2 is 0.695 bits per heavy atom. The number of ether oxygens (including phenoxy) is 17. The number of hydrogen-bond donors (Lipinski definition) is 30. The van der Waals surface area contributed by atoms with Crippen LogP contribution >= 0.6 is 0 Å². The molecule has 2 amide bonds. The highest BCUT2D eigenvalue weighted by Crippen LogP contribution is 2.43. The number of aliphatic carboxylic acids is 2. The molecule has 0 aromatic heterocycles. The van der Waals surface area contributed by atoms with E-state index < -0.39 is 383 Å². The molecule has 118 heavy (non-hydrogen) atoms. The van der Waals surface area contributed by atoms with Gasteiger partial charge in [0, 0.05) is 38.5 Å². The maximum atomic E-state index is 13.0. The second kappa shape index (κ2) is 41.5. The molecule has 51 nitrogen and oxygen atoms in total. The average Bonchev–Trinajstić information content (AvgIpc) is 0.775. The van der Waals surface area contributed by atoms with Crippen molar-refractivity contribution in [2.45, 2.75) is 322 Å². The Morgan fingerprint density at radius 3 is 1.06 bits per heavy atom. The van der Waals surface area contributed by atoms with Gasteiger partial charge in [-0.05, 0) is 6.92 Å². The Hall–Kier alpha value is -3.84. The first-order valence-corrected chi connectivity index (χ1v) is 37.9. The summed E-state index contributed by atoms with van der Waals surface area (Å²) in [4.78, 5) is 51.5. The van der Waals surface area contributed by atoms with Crippen LogP contribution in [0.25, 0.3) is 0 Å². The van der Waals surface area contributed by atoms with Gasteiger partial charge in [-0.25, -0.2) is 9.59 Å². The van der Waals surface area contributed by atoms with E-state index in [2.05, 4.69) is 10.6 Å². The van der Waals surface area contributed by atoms with E-state index in [1.54, 1.807) is 0 Å². The zero-order chi connectivity index (χ0) is 87.5. The molecule has 9 aliphatic heterocycles. The molecule has 30 N–H and O–H groups in total. The van der Waals surface area contributed by atoms with Crippen LogP contribution in [0.4, 0.5) is 0 Å². The molecule has 0 bridgehead atoms. The first kappa shape index (κ1) is 98.0. The van der Waals surface area contributed by atoms with Gasteiger partial charge in [0.05, 0.1) is 90.0 Å². The van der Waals surface area contributed by atoms with Crippen LogP contribution in [0.1, 0.15) is 47.5 Å². The molecule has 9 fully saturated rings. The van der Waals surface area contributed by atoms with Gasteiger partial charge in [-0.3, -0.25) is 9.59 Å². The fourth-order valence-electron chi connectivity index (χ4n) is 15.4. The Labute approximate surface area is 669 Å². The smallest absolute Gasteiger partial charge is 0.364 e. The number of carboxylic acid groups (broad SMARTS) is 2. The molecular formula is C67H112N2O49. The van der Waals surface area contributed by atoms with Gasteiger partial charge in [-0.2, -0.15) is 0 Å². The van der Waals surface area contributed by atoms with Crippen molar-refractivity contribution in [1.29, 1.82) is 0 Å². The summed E-state index contributed by atoms with van der Waals surface area (Å²) in [5, 5.41) is 311. The summed E-state index contributed by atoms with van der Waals surface area (Å²) in [6.07, 6.45) is -84.4. The highest BCUT2D eigenvalue weighted by molar-refractivity contribution is 5.76. The van der Waals surface area contributed by atoms with E-state index in [1.165, 1.54) is 20.8 Å². The summed E-state index contributed by atoms with van der Waals surface area (Å²) < 4.78 is 99.6. The zero-order valence-corrected chi connectivity index (χ0v) is 63.9. The number of carboxylic acids is 2. The topological polar surface area (TPSA) is 816 Å². The van der Waals surface area contributed by atoms with Crippen LogP contribution in [0.2, 0.25) is 0 Å². The van der Waals surface area contributed by atoms with Crippen LogP contribution in [-0.4, -0.2) is 501 Å². The van der Waals surface area contributed by atoms with E-state index in [-0.39, 0.29) is 0 Å². The molecule has 9 rings (SSSR count). The standard InChI is InChI=1S/C67H112N2O49/c1-17-22(78)6-66(64(98)99,117-51(17)36(83)24(80)8-70)103-15-31-40(87)45(92)49(96)60(110-31)112-53-28(12-74)108-58(33(43(53)90)68-20(4)76)115-56-47(94)38(85)26(10-72)106-62(56)102-14-30-42(89)55(35(82)19(3)105-30)114-63-57(48(95)39(86)27(11-73)107-63)116-59-34(69-21(5)77)44(91)54(29(13-75)109-59)113-61-50(97)46(93)41(88)32(111-61)16-104-67(65(100)101)7-23(79)18(2)52(118-67)37(84)25(81)9-71/h17-19,22-63,70-75,78-97H,6-16H2,1-5H3,(H,68,76)(H,69,77)(H,98,99)(H,100,101)/t17-,18-,19+,22-,23-,24-,25-,26?,27?,28?,29?,30?,31?,32?,33?,34?,35?,36-,37-,38-,39-,40+,41+,42-,43-,44-,45+,46+,47+,48+,49?,50?,51?,52?,53-,54-,55-,56?,57?,58+,59+,60+,61+,62+,63-,66-,67-/m1/s1. The fraction of sp³-hybridized carbons (Fsp3) is 0.940. The van der Waals surface area contributed by atoms with Crippen molar-refractivity contribution < 1.29 is 243 Å². The lowest BCUT2D eigenvalue weighted by Crippen LogP contribution is -2.70. The lowest BCUT2D eigenvalue weighted by atomic mass is 9.84. The number of amides is 2. The highest BCUT2D eigenvalue weighted by atomic mass is 16.8. The van der Waals surface area contributed by atoms with E-state index >= 15 is 0 Å². The minimum absolute atomic E-state index is 0.846. The van der Waals surface area contributed by atoms with E-state index in [4.69, 9.17) is 80.5 Å². The lowest BCUT2D eigenvalue weighted by molar-refractivity contribution is -0.386. The van der Waals surface area contributed by atoms with Gasteiger partial charge in [0.25, 0.3) is 11.6 Å². The number of carbonyl (C=O) groups excluding carboxylic acids is 2. The number of carbonyl (C=O) groups is 4. The third-order valence-corrected chi connectivity index (χ3v) is 22.5. The molecule has 0 spiro atoms. The predicted molar refractivity (Wildman–Crippen MR) is 364 cm³/mol. The maximum Gasteiger partial charge on any atom is 0.364 e. The molecule has 9 saturated heterocycles. The van der Waals surface area contributed by atoms with Crippen LogP contribution in [0.5, 0.6) is 0 Å². The van der Waals surface area contributed by atoms with Crippen molar-refractivity contribution >= 4 is 23.8 Å². The first-order chi connectivity index (χ1) is 55.5. The van der Waals surface area contributed by atoms with Crippen molar-refractivity contribution in [3.8, 4) is 0 Å². The minimum atomic E-state index is -2.89. The summed E-state index contributed by atoms with van der Waals surface area (Å²) in [5.74, 6) is -13.7. The molecule has 0 aromatic carbocycles. The molecule has 51 heteroatoms. The molecule has 0 saturated carbocycles. The summed E-state index contributed by atoms with van der Waals surface area (Å²) in [5.41, 5.74) is 0. The second-order valence-corrected chi connectivity index (χ2v) is 30.7. The monoisotopic (exact) mass is 1730 g/mol. The number of aliphatic hydroxyl groups excluding tert-OH is 26. The SMILES string of the molecule is CC(=O)NC1[C@H](OC2[C@@H](O[C@@H]3C(O)[C@H](C)OC(CO[C@H]4OC(CO)[C@@H](O)[C@H](O)C4O[C@@H]4OC(CO)[C@@H](O[C@@H]5OC(CO[C@]6(C(=O)O)C[C@@H](O)[C@@H](C)C([C@H](O)[C@H](O)CO)O6)[C@H](O)[C@H](O)C5O)[C@H](O)C4NC(C)=O)[C@H]3O)OC(CO)[C@@H](O)[C@@H]2O)OC(CO)[C@@H](O[C@@H]2OC(CO[C@]3(C(=O)O)C[C@@H](O)[C@@H](C)C([C@H](O)[C@H](O)CO)O3)[C@H](O)[C@H](O)C2O)[C@@H]1O. The van der Waals surface area contributed by atoms with Crippen molar-refractivity contribution in [1.82, 2.24) is 10.6 Å². The Bertz CT molecular complexity index is 3190. The lowest BCUT2D eigenvalue weighted by Gasteiger charge is -2.50. The number of nitrogens with one attached hydrogen (secondary N) is 2. The molecule has 0 aliphatic carbocycles. The van der Waals surface area contributed by atoms with Crippen molar-refractivity contribution in [2.24, 2.45) is 11.8 Å².